The standard InChI is InChI=1S/C15H15F3N2O2S/c1-9(11-6-4-3-5-7-11)20-14(21)22-13(15(16,17)18)12-8-19-10(2)23-12/h3-9,13H,1-2H3,(H,20,21)/t9-,13+/m1/s1. The first-order valence-corrected chi connectivity index (χ1v) is 7.60. The van der Waals surface area contributed by atoms with Crippen LogP contribution in [-0.2, 0) is 4.74 Å². The number of nitrogens with zero attached hydrogens (tertiary/aromatic N) is 1. The number of aryl methyl sites for hydroxylation is 1. The highest BCUT2D eigenvalue weighted by atomic mass is 32.1. The molecule has 1 aromatic carbocycles. The van der Waals surface area contributed by atoms with Gasteiger partial charge >= 0.3 is 12.3 Å². The second-order valence-corrected chi connectivity index (χ2v) is 6.15. The number of benzene rings is 1. The van der Waals surface area contributed by atoms with Crippen molar-refractivity contribution in [2.45, 2.75) is 32.2 Å². The molecule has 0 saturated carbocycles. The summed E-state index contributed by atoms with van der Waals surface area (Å²) in [7, 11) is 0. The number of nitrogens with one attached hydrogen (secondary N) is 1. The maximum Gasteiger partial charge on any atom is 0.430 e. The van der Waals surface area contributed by atoms with E-state index in [1.807, 2.05) is 0 Å². The third kappa shape index (κ3) is 4.69. The number of rotatable bonds is 4. The summed E-state index contributed by atoms with van der Waals surface area (Å²) in [6.45, 7) is 3.25. The average molecular weight is 344 g/mol. The number of carbonyl (C=O) groups is 1. The van der Waals surface area contributed by atoms with E-state index >= 15 is 0 Å². The van der Waals surface area contributed by atoms with Crippen LogP contribution >= 0.6 is 11.3 Å². The monoisotopic (exact) mass is 344 g/mol. The fraction of sp³-hybridized carbons (Fsp3) is 0.333. The van der Waals surface area contributed by atoms with Crippen LogP contribution in [0.4, 0.5) is 18.0 Å². The van der Waals surface area contributed by atoms with Gasteiger partial charge in [0.05, 0.1) is 15.9 Å². The second kappa shape index (κ2) is 6.99. The van der Waals surface area contributed by atoms with E-state index in [1.54, 1.807) is 44.2 Å². The van der Waals surface area contributed by atoms with Gasteiger partial charge in [-0.15, -0.1) is 11.3 Å². The van der Waals surface area contributed by atoms with Crippen molar-refractivity contribution in [3.8, 4) is 0 Å². The Morgan fingerprint density at radius 3 is 2.48 bits per heavy atom. The van der Waals surface area contributed by atoms with Gasteiger partial charge in [-0.25, -0.2) is 9.78 Å². The normalized spacial score (nSPS) is 14.1. The molecule has 1 amide bonds. The van der Waals surface area contributed by atoms with Crippen LogP contribution in [0, 0.1) is 6.92 Å². The summed E-state index contributed by atoms with van der Waals surface area (Å²) in [5, 5.41) is 2.87. The van der Waals surface area contributed by atoms with Crippen molar-refractivity contribution in [2.24, 2.45) is 0 Å². The zero-order valence-electron chi connectivity index (χ0n) is 12.4. The number of aromatic nitrogens is 1. The summed E-state index contributed by atoms with van der Waals surface area (Å²) in [4.78, 5) is 15.4. The summed E-state index contributed by atoms with van der Waals surface area (Å²) in [6.07, 6.45) is -7.08. The number of halogens is 3. The van der Waals surface area contributed by atoms with Crippen LogP contribution in [0.5, 0.6) is 0 Å². The van der Waals surface area contributed by atoms with Gasteiger partial charge in [-0.2, -0.15) is 13.2 Å². The number of alkyl carbamates (subject to hydrolysis) is 1. The minimum Gasteiger partial charge on any atom is -0.431 e. The number of hydrogen-bond acceptors (Lipinski definition) is 4. The highest BCUT2D eigenvalue weighted by Gasteiger charge is 2.45. The van der Waals surface area contributed by atoms with Crippen LogP contribution in [0.25, 0.3) is 0 Å². The highest BCUT2D eigenvalue weighted by Crippen LogP contribution is 2.38. The van der Waals surface area contributed by atoms with Crippen molar-refractivity contribution in [3.05, 3.63) is 52.0 Å². The predicted molar refractivity (Wildman–Crippen MR) is 80.1 cm³/mol. The molecule has 0 bridgehead atoms. The van der Waals surface area contributed by atoms with E-state index in [2.05, 4.69) is 15.0 Å². The largest absolute Gasteiger partial charge is 0.431 e. The summed E-state index contributed by atoms with van der Waals surface area (Å²) >= 11 is 0.844. The van der Waals surface area contributed by atoms with Crippen LogP contribution < -0.4 is 5.32 Å². The number of ether oxygens (including phenoxy) is 1. The lowest BCUT2D eigenvalue weighted by molar-refractivity contribution is -0.205. The Labute approximate surface area is 135 Å². The molecule has 0 fully saturated rings. The minimum absolute atomic E-state index is 0.155. The first-order valence-electron chi connectivity index (χ1n) is 6.78. The molecular formula is C15H15F3N2O2S. The first-order chi connectivity index (χ1) is 10.8. The molecule has 0 saturated heterocycles. The average Bonchev–Trinajstić information content (AvgIpc) is 2.90. The van der Waals surface area contributed by atoms with E-state index in [-0.39, 0.29) is 4.88 Å². The zero-order chi connectivity index (χ0) is 17.0. The molecule has 23 heavy (non-hydrogen) atoms. The molecule has 1 aromatic heterocycles. The van der Waals surface area contributed by atoms with Crippen LogP contribution in [0.3, 0.4) is 0 Å². The SMILES string of the molecule is Cc1ncc([C@H](OC(=O)N[C@H](C)c2ccccc2)C(F)(F)F)s1. The maximum atomic E-state index is 13.1. The van der Waals surface area contributed by atoms with Crippen molar-refractivity contribution in [3.63, 3.8) is 0 Å². The van der Waals surface area contributed by atoms with Crippen molar-refractivity contribution in [1.29, 1.82) is 0 Å². The Balaban J connectivity index is 2.06. The molecule has 2 aromatic rings. The Hall–Kier alpha value is -2.09. The number of hydrogen-bond donors (Lipinski definition) is 1. The molecule has 124 valence electrons. The lowest BCUT2D eigenvalue weighted by Gasteiger charge is -2.21. The Morgan fingerprint density at radius 1 is 1.30 bits per heavy atom. The minimum atomic E-state index is -4.70. The van der Waals surface area contributed by atoms with Crippen LogP contribution in [0.2, 0.25) is 0 Å². The number of carbonyl (C=O) groups excluding carboxylic acids is 1. The van der Waals surface area contributed by atoms with E-state index in [9.17, 15) is 18.0 Å². The molecule has 0 radical (unpaired) electrons. The summed E-state index contributed by atoms with van der Waals surface area (Å²) in [5.74, 6) is 0. The fourth-order valence-corrected chi connectivity index (χ4v) is 2.77. The van der Waals surface area contributed by atoms with Gasteiger partial charge in [-0.1, -0.05) is 30.3 Å². The highest BCUT2D eigenvalue weighted by molar-refractivity contribution is 7.11. The van der Waals surface area contributed by atoms with Gasteiger partial charge in [0.2, 0.25) is 6.10 Å². The van der Waals surface area contributed by atoms with Gasteiger partial charge in [-0.3, -0.25) is 0 Å². The van der Waals surface area contributed by atoms with Crippen LogP contribution in [-0.4, -0.2) is 17.3 Å². The maximum absolute atomic E-state index is 13.1. The summed E-state index contributed by atoms with van der Waals surface area (Å²) in [5.41, 5.74) is 0.765. The van der Waals surface area contributed by atoms with Crippen LogP contribution in [0.15, 0.2) is 36.5 Å². The molecule has 0 aliphatic carbocycles. The predicted octanol–water partition coefficient (Wildman–Crippen LogP) is 4.54. The Kier molecular flexibility index (Phi) is 5.25. The first kappa shape index (κ1) is 17.3. The van der Waals surface area contributed by atoms with Gasteiger partial charge in [0.25, 0.3) is 0 Å². The topological polar surface area (TPSA) is 51.2 Å². The van der Waals surface area contributed by atoms with Crippen molar-refractivity contribution in [2.75, 3.05) is 0 Å². The third-order valence-corrected chi connectivity index (χ3v) is 4.01. The summed E-state index contributed by atoms with van der Waals surface area (Å²) < 4.78 is 43.9. The molecule has 2 atom stereocenters. The van der Waals surface area contributed by atoms with Gasteiger partial charge in [0.1, 0.15) is 0 Å². The van der Waals surface area contributed by atoms with Crippen LogP contribution in [0.1, 0.15) is 34.5 Å². The van der Waals surface area contributed by atoms with Gasteiger partial charge in [0, 0.05) is 6.20 Å². The number of amides is 1. The second-order valence-electron chi connectivity index (χ2n) is 4.89. The summed E-state index contributed by atoms with van der Waals surface area (Å²) in [6, 6.07) is 8.41. The Bertz CT molecular complexity index is 658. The Morgan fingerprint density at radius 2 is 1.96 bits per heavy atom. The van der Waals surface area contributed by atoms with E-state index in [0.717, 1.165) is 23.1 Å². The molecule has 0 unspecified atom stereocenters. The third-order valence-electron chi connectivity index (χ3n) is 3.05. The van der Waals surface area contributed by atoms with E-state index in [4.69, 9.17) is 0 Å². The quantitative estimate of drug-likeness (QED) is 0.886. The molecular weight excluding hydrogens is 329 g/mol. The molecule has 0 aliphatic heterocycles. The smallest absolute Gasteiger partial charge is 0.430 e. The van der Waals surface area contributed by atoms with E-state index in [1.165, 1.54) is 0 Å². The van der Waals surface area contributed by atoms with Gasteiger partial charge < -0.3 is 10.1 Å². The van der Waals surface area contributed by atoms with Gasteiger partial charge in [-0.05, 0) is 19.4 Å². The molecule has 8 heteroatoms. The van der Waals surface area contributed by atoms with Crippen molar-refractivity contribution >= 4 is 17.4 Å². The van der Waals surface area contributed by atoms with E-state index in [0.29, 0.717) is 5.01 Å². The molecule has 2 rings (SSSR count). The molecule has 1 N–H and O–H groups in total. The number of thiazole rings is 1. The van der Waals surface area contributed by atoms with Crippen molar-refractivity contribution in [1.82, 2.24) is 10.3 Å². The zero-order valence-corrected chi connectivity index (χ0v) is 13.2. The molecule has 0 aliphatic rings. The molecule has 1 heterocycles. The van der Waals surface area contributed by atoms with E-state index < -0.39 is 24.4 Å². The lowest BCUT2D eigenvalue weighted by Crippen LogP contribution is -2.33. The fourth-order valence-electron chi connectivity index (χ4n) is 1.93. The molecule has 0 spiro atoms. The number of alkyl halides is 3. The van der Waals surface area contributed by atoms with Crippen molar-refractivity contribution < 1.29 is 22.7 Å². The van der Waals surface area contributed by atoms with Gasteiger partial charge in [0.15, 0.2) is 0 Å². The molecule has 4 nitrogen and oxygen atoms in total. The lowest BCUT2D eigenvalue weighted by atomic mass is 10.1.